The maximum Gasteiger partial charge on any atom is 0.172 e. The van der Waals surface area contributed by atoms with E-state index in [-0.39, 0.29) is 5.92 Å². The van der Waals surface area contributed by atoms with E-state index in [1.165, 1.54) is 5.56 Å². The topological polar surface area (TPSA) is 57.0 Å². The van der Waals surface area contributed by atoms with Crippen molar-refractivity contribution in [3.8, 4) is 5.75 Å². The maximum atomic E-state index is 10.9. The van der Waals surface area contributed by atoms with E-state index in [9.17, 15) is 4.79 Å². The first-order valence-corrected chi connectivity index (χ1v) is 6.70. The van der Waals surface area contributed by atoms with Crippen molar-refractivity contribution in [2.24, 2.45) is 0 Å². The van der Waals surface area contributed by atoms with Gasteiger partial charge in [-0.25, -0.2) is 4.68 Å². The average Bonchev–Trinajstić information content (AvgIpc) is 2.84. The van der Waals surface area contributed by atoms with Gasteiger partial charge in [-0.15, -0.1) is 5.10 Å². The molecule has 0 amide bonds. The Hall–Kier alpha value is -2.17. The van der Waals surface area contributed by atoms with Crippen LogP contribution in [0.25, 0.3) is 0 Å². The number of carbonyl (C=O) groups excluding carboxylic acids is 1. The van der Waals surface area contributed by atoms with Crippen LogP contribution in [-0.4, -0.2) is 27.9 Å². The molecule has 106 valence electrons. The first-order valence-electron chi connectivity index (χ1n) is 6.70. The molecule has 0 aliphatic heterocycles. The molecule has 0 radical (unpaired) electrons. The number of ether oxygens (including phenoxy) is 1. The monoisotopic (exact) mass is 273 g/mol. The molecule has 0 saturated carbocycles. The Morgan fingerprint density at radius 1 is 1.30 bits per heavy atom. The number of aromatic nitrogens is 3. The lowest BCUT2D eigenvalue weighted by molar-refractivity contribution is 0.111. The molecule has 1 aromatic carbocycles. The van der Waals surface area contributed by atoms with Crippen molar-refractivity contribution in [3.63, 3.8) is 0 Å². The van der Waals surface area contributed by atoms with E-state index < -0.39 is 0 Å². The summed E-state index contributed by atoms with van der Waals surface area (Å²) in [7, 11) is 0. The predicted molar refractivity (Wildman–Crippen MR) is 76.2 cm³/mol. The zero-order chi connectivity index (χ0) is 14.5. The Balaban J connectivity index is 1.99. The molecule has 0 saturated heterocycles. The fourth-order valence-electron chi connectivity index (χ4n) is 2.06. The molecule has 2 rings (SSSR count). The van der Waals surface area contributed by atoms with E-state index in [0.29, 0.717) is 18.8 Å². The molecule has 5 heteroatoms. The number of aryl methyl sites for hydroxylation is 1. The second kappa shape index (κ2) is 6.32. The van der Waals surface area contributed by atoms with E-state index in [1.807, 2.05) is 45.0 Å². The third-order valence-corrected chi connectivity index (χ3v) is 3.05. The van der Waals surface area contributed by atoms with Crippen LogP contribution in [0.1, 0.15) is 41.5 Å². The molecular weight excluding hydrogens is 254 g/mol. The predicted octanol–water partition coefficient (Wildman–Crippen LogP) is 2.60. The van der Waals surface area contributed by atoms with Gasteiger partial charge in [0.25, 0.3) is 0 Å². The van der Waals surface area contributed by atoms with Gasteiger partial charge >= 0.3 is 0 Å². The highest BCUT2D eigenvalue weighted by molar-refractivity contribution is 5.73. The van der Waals surface area contributed by atoms with E-state index >= 15 is 0 Å². The smallest absolute Gasteiger partial charge is 0.172 e. The van der Waals surface area contributed by atoms with Crippen molar-refractivity contribution in [1.29, 1.82) is 0 Å². The number of nitrogens with zero attached hydrogens (tertiary/aromatic N) is 3. The first kappa shape index (κ1) is 14.2. The summed E-state index contributed by atoms with van der Waals surface area (Å²) in [5.74, 6) is 1.03. The minimum absolute atomic E-state index is 0.199. The van der Waals surface area contributed by atoms with Crippen molar-refractivity contribution >= 4 is 6.29 Å². The average molecular weight is 273 g/mol. The molecule has 5 nitrogen and oxygen atoms in total. The van der Waals surface area contributed by atoms with Gasteiger partial charge in [0.05, 0.1) is 12.2 Å². The van der Waals surface area contributed by atoms with E-state index in [4.69, 9.17) is 4.74 Å². The van der Waals surface area contributed by atoms with E-state index in [1.54, 1.807) is 4.68 Å². The molecule has 20 heavy (non-hydrogen) atoms. The largest absolute Gasteiger partial charge is 0.492 e. The summed E-state index contributed by atoms with van der Waals surface area (Å²) >= 11 is 0. The van der Waals surface area contributed by atoms with Crippen LogP contribution >= 0.6 is 0 Å². The first-order chi connectivity index (χ1) is 9.61. The molecule has 2 aromatic rings. The summed E-state index contributed by atoms with van der Waals surface area (Å²) in [6.07, 6.45) is 0.750. The van der Waals surface area contributed by atoms with Gasteiger partial charge in [0.1, 0.15) is 18.1 Å². The van der Waals surface area contributed by atoms with Gasteiger partial charge in [-0.2, -0.15) is 0 Å². The van der Waals surface area contributed by atoms with Gasteiger partial charge in [-0.05, 0) is 25.0 Å². The summed E-state index contributed by atoms with van der Waals surface area (Å²) in [5.41, 5.74) is 2.47. The highest BCUT2D eigenvalue weighted by Gasteiger charge is 2.15. The Kier molecular flexibility index (Phi) is 4.50. The van der Waals surface area contributed by atoms with Crippen LogP contribution in [0.5, 0.6) is 5.75 Å². The molecule has 0 N–H and O–H groups in total. The number of rotatable bonds is 6. The van der Waals surface area contributed by atoms with Gasteiger partial charge < -0.3 is 4.74 Å². The number of hydrogen-bond acceptors (Lipinski definition) is 4. The third-order valence-electron chi connectivity index (χ3n) is 3.05. The lowest BCUT2D eigenvalue weighted by Crippen LogP contribution is -2.13. The molecule has 1 aromatic heterocycles. The Morgan fingerprint density at radius 3 is 2.60 bits per heavy atom. The molecule has 0 spiro atoms. The van der Waals surface area contributed by atoms with Gasteiger partial charge in [0, 0.05) is 0 Å². The van der Waals surface area contributed by atoms with Crippen LogP contribution in [0.3, 0.4) is 0 Å². The van der Waals surface area contributed by atoms with E-state index in [0.717, 1.165) is 17.7 Å². The van der Waals surface area contributed by atoms with Gasteiger partial charge in [0.15, 0.2) is 6.29 Å². The third kappa shape index (κ3) is 3.23. The standard InChI is InChI=1S/C15H19N3O2/c1-11(2)15-14(10-19)16-17-18(15)8-9-20-13-6-4-12(3)5-7-13/h4-7,10-11H,8-9H2,1-3H3. The molecule has 0 aliphatic carbocycles. The van der Waals surface area contributed by atoms with Crippen LogP contribution in [0.2, 0.25) is 0 Å². The van der Waals surface area contributed by atoms with Crippen molar-refractivity contribution in [2.75, 3.05) is 6.61 Å². The van der Waals surface area contributed by atoms with Crippen LogP contribution in [-0.2, 0) is 6.54 Å². The van der Waals surface area contributed by atoms with Crippen LogP contribution < -0.4 is 4.74 Å². The fourth-order valence-corrected chi connectivity index (χ4v) is 2.06. The summed E-state index contributed by atoms with van der Waals surface area (Å²) in [5, 5.41) is 7.89. The fraction of sp³-hybridized carbons (Fsp3) is 0.400. The Morgan fingerprint density at radius 2 is 2.00 bits per heavy atom. The minimum Gasteiger partial charge on any atom is -0.492 e. The van der Waals surface area contributed by atoms with Crippen molar-refractivity contribution < 1.29 is 9.53 Å². The molecule has 0 aliphatic rings. The molecule has 1 heterocycles. The number of carbonyl (C=O) groups is 1. The maximum absolute atomic E-state index is 10.9. The lowest BCUT2D eigenvalue weighted by Gasteiger charge is -2.10. The lowest BCUT2D eigenvalue weighted by atomic mass is 10.1. The summed E-state index contributed by atoms with van der Waals surface area (Å²) < 4.78 is 7.40. The highest BCUT2D eigenvalue weighted by Crippen LogP contribution is 2.16. The van der Waals surface area contributed by atoms with Gasteiger partial charge in [0.2, 0.25) is 0 Å². The second-order valence-corrected chi connectivity index (χ2v) is 5.02. The van der Waals surface area contributed by atoms with Crippen LogP contribution in [0.4, 0.5) is 0 Å². The number of hydrogen-bond donors (Lipinski definition) is 0. The SMILES string of the molecule is Cc1ccc(OCCn2nnc(C=O)c2C(C)C)cc1. The summed E-state index contributed by atoms with van der Waals surface area (Å²) in [4.78, 5) is 10.9. The second-order valence-electron chi connectivity index (χ2n) is 5.02. The van der Waals surface area contributed by atoms with Crippen molar-refractivity contribution in [2.45, 2.75) is 33.2 Å². The zero-order valence-corrected chi connectivity index (χ0v) is 12.0. The van der Waals surface area contributed by atoms with Crippen LogP contribution in [0, 0.1) is 6.92 Å². The molecular formula is C15H19N3O2. The number of aldehydes is 1. The molecule has 0 bridgehead atoms. The molecule has 0 atom stereocenters. The summed E-state index contributed by atoms with van der Waals surface area (Å²) in [6, 6.07) is 7.90. The Bertz CT molecular complexity index is 573. The van der Waals surface area contributed by atoms with Gasteiger partial charge in [-0.3, -0.25) is 4.79 Å². The molecule has 0 unspecified atom stereocenters. The summed E-state index contributed by atoms with van der Waals surface area (Å²) in [6.45, 7) is 7.13. The van der Waals surface area contributed by atoms with Crippen LogP contribution in [0.15, 0.2) is 24.3 Å². The van der Waals surface area contributed by atoms with Gasteiger partial charge in [-0.1, -0.05) is 36.8 Å². The van der Waals surface area contributed by atoms with Crippen molar-refractivity contribution in [1.82, 2.24) is 15.0 Å². The zero-order valence-electron chi connectivity index (χ0n) is 12.0. The highest BCUT2D eigenvalue weighted by atomic mass is 16.5. The normalized spacial score (nSPS) is 10.8. The Labute approximate surface area is 118 Å². The quantitative estimate of drug-likeness (QED) is 0.759. The number of benzene rings is 1. The minimum atomic E-state index is 0.199. The van der Waals surface area contributed by atoms with E-state index in [2.05, 4.69) is 10.3 Å². The van der Waals surface area contributed by atoms with Crippen molar-refractivity contribution in [3.05, 3.63) is 41.2 Å². The molecule has 0 fully saturated rings.